The van der Waals surface area contributed by atoms with Gasteiger partial charge < -0.3 is 25.4 Å². The molecule has 6 aliphatic carbocycles. The quantitative estimate of drug-likeness (QED) is 0.246. The van der Waals surface area contributed by atoms with Crippen molar-refractivity contribution in [3.63, 3.8) is 0 Å². The highest BCUT2D eigenvalue weighted by atomic mass is 33.1. The summed E-state index contributed by atoms with van der Waals surface area (Å²) >= 11 is 0. The molecule has 0 aromatic heterocycles. The number of methoxy groups -OCH3 is 1. The van der Waals surface area contributed by atoms with Crippen molar-refractivity contribution in [1.29, 1.82) is 0 Å². The molecule has 5 saturated carbocycles. The van der Waals surface area contributed by atoms with Crippen LogP contribution in [0.2, 0.25) is 0 Å². The number of benzene rings is 1. The second kappa shape index (κ2) is 10.3. The third-order valence-corrected chi connectivity index (χ3v) is 18.7. The molecule has 1 aliphatic heterocycles. The second-order valence-corrected chi connectivity index (χ2v) is 19.2. The fourth-order valence-electron chi connectivity index (χ4n) is 13.3. The maximum absolute atomic E-state index is 12.8. The first-order valence-electron chi connectivity index (χ1n) is 17.5. The Bertz CT molecular complexity index is 1330. The highest BCUT2D eigenvalue weighted by Gasteiger charge is 2.87. The Balaban J connectivity index is 1.23. The number of rotatable bonds is 2. The fraction of sp³-hybridized carbons (Fsp3) is 0.784. The molecule has 44 heavy (non-hydrogen) atoms. The number of hydrogen-bond acceptors (Lipinski definition) is 7. The number of hydrogen-bond donors (Lipinski definition) is 4. The third-order valence-electron chi connectivity index (χ3n) is 15.3. The highest BCUT2D eigenvalue weighted by molar-refractivity contribution is 8.77. The van der Waals surface area contributed by atoms with E-state index in [4.69, 9.17) is 4.74 Å². The molecule has 0 radical (unpaired) electrons. The standard InChI is InChI=1S/C37H53NO4S2/c1-22(39)29-21-43-44-36(12-6-5-7-13-36)28-20-35(19-24(28)15-23-9-8-10-26(16-23)38-29)14-11-25-17-27-32-30(40)18-31(42-4)37(32,41)33(25,2)34(27,35)3/h8-10,16,18,22,24-25,27-29,31-32,38-41H,5-7,11-15,17,19-21H2,1-4H3/t22-,24+,25+,27-,28-,29+,31+,32+,33-,34-,35-,37+/m0/s1. The average molecular weight is 640 g/mol. The predicted octanol–water partition coefficient (Wildman–Crippen LogP) is 7.77. The van der Waals surface area contributed by atoms with Gasteiger partial charge >= 0.3 is 0 Å². The van der Waals surface area contributed by atoms with E-state index in [1.54, 1.807) is 7.11 Å². The van der Waals surface area contributed by atoms with Crippen molar-refractivity contribution in [3.8, 4) is 0 Å². The molecule has 0 saturated heterocycles. The normalized spacial score (nSPS) is 49.5. The van der Waals surface area contributed by atoms with Crippen LogP contribution in [0.3, 0.4) is 0 Å². The van der Waals surface area contributed by atoms with Crippen molar-refractivity contribution >= 4 is 27.3 Å². The Labute approximate surface area is 272 Å². The minimum absolute atomic E-state index is 0.0198. The van der Waals surface area contributed by atoms with Crippen LogP contribution in [0, 0.1) is 45.8 Å². The van der Waals surface area contributed by atoms with Gasteiger partial charge in [0.25, 0.3) is 0 Å². The highest BCUT2D eigenvalue weighted by Crippen LogP contribution is 2.87. The van der Waals surface area contributed by atoms with Crippen LogP contribution in [0.1, 0.15) is 90.5 Å². The SMILES string of the molecule is CO[C@@H]1C=C(O)[C@H]2[C@@H]3C[C@H]4CC[C@@]5(C[C@H]6Cc7cccc(c7)N[C@@H]([C@H](C)O)CSSC7(CCCCC7)[C@H]6C5)[C@]3(C)[C@@]4(C)[C@@]12O. The zero-order chi connectivity index (χ0) is 30.7. The summed E-state index contributed by atoms with van der Waals surface area (Å²) in [5, 5.41) is 38.6. The Morgan fingerprint density at radius 3 is 2.59 bits per heavy atom. The molecular formula is C37H53NO4S2. The smallest absolute Gasteiger partial charge is 0.111 e. The maximum Gasteiger partial charge on any atom is 0.111 e. The van der Waals surface area contributed by atoms with Gasteiger partial charge in [0, 0.05) is 28.7 Å². The fourth-order valence-corrected chi connectivity index (χ4v) is 17.2. The Morgan fingerprint density at radius 1 is 1.05 bits per heavy atom. The van der Waals surface area contributed by atoms with E-state index in [1.165, 1.54) is 63.4 Å². The first-order chi connectivity index (χ1) is 21.0. The lowest BCUT2D eigenvalue weighted by molar-refractivity contribution is -0.218. The predicted molar refractivity (Wildman–Crippen MR) is 181 cm³/mol. The van der Waals surface area contributed by atoms with E-state index < -0.39 is 17.8 Å². The van der Waals surface area contributed by atoms with E-state index in [0.29, 0.717) is 23.5 Å². The van der Waals surface area contributed by atoms with E-state index >= 15 is 0 Å². The molecule has 2 spiro atoms. The number of nitrogens with one attached hydrogen (secondary N) is 1. The number of aliphatic hydroxyl groups excluding tert-OH is 2. The van der Waals surface area contributed by atoms with Crippen LogP contribution in [-0.2, 0) is 11.2 Å². The zero-order valence-electron chi connectivity index (χ0n) is 27.1. The molecule has 0 unspecified atom stereocenters. The third kappa shape index (κ3) is 3.74. The summed E-state index contributed by atoms with van der Waals surface area (Å²) in [4.78, 5) is 0. The molecule has 7 heteroatoms. The number of anilines is 1. The van der Waals surface area contributed by atoms with Crippen molar-refractivity contribution < 1.29 is 20.1 Å². The number of aliphatic hydroxyl groups is 3. The van der Waals surface area contributed by atoms with Crippen LogP contribution in [-0.4, -0.2) is 56.8 Å². The van der Waals surface area contributed by atoms with Crippen LogP contribution < -0.4 is 5.32 Å². The van der Waals surface area contributed by atoms with Gasteiger partial charge in [0.05, 0.1) is 23.8 Å². The molecule has 8 rings (SSSR count). The van der Waals surface area contributed by atoms with Crippen LogP contribution in [0.15, 0.2) is 36.1 Å². The molecular weight excluding hydrogens is 587 g/mol. The van der Waals surface area contributed by atoms with Crippen LogP contribution >= 0.6 is 21.6 Å². The van der Waals surface area contributed by atoms with Gasteiger partial charge in [-0.1, -0.05) is 66.8 Å². The number of ether oxygens (including phenoxy) is 1. The van der Waals surface area contributed by atoms with E-state index in [9.17, 15) is 15.3 Å². The van der Waals surface area contributed by atoms with E-state index in [0.717, 1.165) is 24.3 Å². The molecule has 1 aromatic carbocycles. The second-order valence-electron chi connectivity index (χ2n) is 16.5. The number of fused-ring (bicyclic) bond motifs is 6. The zero-order valence-corrected chi connectivity index (χ0v) is 28.7. The summed E-state index contributed by atoms with van der Waals surface area (Å²) < 4.78 is 6.22. The average Bonchev–Trinajstić information content (AvgIpc) is 3.60. The molecule has 4 N–H and O–H groups in total. The molecule has 1 heterocycles. The van der Waals surface area contributed by atoms with Gasteiger partial charge in [0.2, 0.25) is 0 Å². The van der Waals surface area contributed by atoms with Gasteiger partial charge in [-0.2, -0.15) is 0 Å². The molecule has 242 valence electrons. The Morgan fingerprint density at radius 2 is 1.84 bits per heavy atom. The molecule has 0 amide bonds. The van der Waals surface area contributed by atoms with Crippen molar-refractivity contribution in [1.82, 2.24) is 0 Å². The van der Waals surface area contributed by atoms with Crippen LogP contribution in [0.25, 0.3) is 0 Å². The Kier molecular flexibility index (Phi) is 7.15. The van der Waals surface area contributed by atoms with Gasteiger partial charge in [0.15, 0.2) is 0 Å². The molecule has 5 nitrogen and oxygen atoms in total. The summed E-state index contributed by atoms with van der Waals surface area (Å²) in [6, 6.07) is 9.05. The van der Waals surface area contributed by atoms with Crippen molar-refractivity contribution in [2.45, 2.75) is 120 Å². The van der Waals surface area contributed by atoms with Gasteiger partial charge in [-0.25, -0.2) is 0 Å². The largest absolute Gasteiger partial charge is 0.512 e. The minimum atomic E-state index is -1.04. The summed E-state index contributed by atoms with van der Waals surface area (Å²) in [5.74, 6) is 3.02. The van der Waals surface area contributed by atoms with Crippen LogP contribution in [0.4, 0.5) is 5.69 Å². The molecule has 12 atom stereocenters. The summed E-state index contributed by atoms with van der Waals surface area (Å²) in [6.07, 6.45) is 14.6. The van der Waals surface area contributed by atoms with Crippen molar-refractivity contribution in [2.24, 2.45) is 45.8 Å². The van der Waals surface area contributed by atoms with E-state index in [1.807, 2.05) is 23.8 Å². The first-order valence-corrected chi connectivity index (χ1v) is 19.8. The summed E-state index contributed by atoms with van der Waals surface area (Å²) in [5.41, 5.74) is 1.27. The van der Waals surface area contributed by atoms with E-state index in [-0.39, 0.29) is 38.9 Å². The molecule has 5 fully saturated rings. The van der Waals surface area contributed by atoms with Crippen molar-refractivity contribution in [3.05, 3.63) is 41.7 Å². The maximum atomic E-state index is 12.8. The monoisotopic (exact) mass is 639 g/mol. The molecule has 6 bridgehead atoms. The van der Waals surface area contributed by atoms with Gasteiger partial charge in [-0.3, -0.25) is 0 Å². The lowest BCUT2D eigenvalue weighted by Crippen LogP contribution is -2.64. The topological polar surface area (TPSA) is 82.0 Å². The van der Waals surface area contributed by atoms with Gasteiger partial charge in [0.1, 0.15) is 11.7 Å². The molecule has 7 aliphatic rings. The van der Waals surface area contributed by atoms with Crippen molar-refractivity contribution in [2.75, 3.05) is 18.2 Å². The Hall–Kier alpha value is -0.860. The van der Waals surface area contributed by atoms with Gasteiger partial charge in [-0.15, -0.1) is 0 Å². The van der Waals surface area contributed by atoms with Crippen LogP contribution in [0.5, 0.6) is 0 Å². The first kappa shape index (κ1) is 30.5. The van der Waals surface area contributed by atoms with E-state index in [2.05, 4.69) is 54.2 Å². The lowest BCUT2D eigenvalue weighted by Gasteiger charge is -2.62. The minimum Gasteiger partial charge on any atom is -0.512 e. The molecule has 1 aromatic rings. The summed E-state index contributed by atoms with van der Waals surface area (Å²) in [7, 11) is 5.88. The summed E-state index contributed by atoms with van der Waals surface area (Å²) in [6.45, 7) is 6.89. The van der Waals surface area contributed by atoms with Gasteiger partial charge in [-0.05, 0) is 117 Å². The lowest BCUT2D eigenvalue weighted by atomic mass is 9.44.